The SMILES string of the molecule is CC(=O)Nc1cn[nH]c1C1CCCN(C(=O)c2ccncc2Cl)C1. The number of H-pyrrole nitrogens is 1. The predicted molar refractivity (Wildman–Crippen MR) is 90.0 cm³/mol. The smallest absolute Gasteiger partial charge is 0.255 e. The van der Waals surface area contributed by atoms with Gasteiger partial charge in [-0.05, 0) is 18.9 Å². The number of carbonyl (C=O) groups excluding carboxylic acids is 2. The average molecular weight is 348 g/mol. The second-order valence-corrected chi connectivity index (χ2v) is 6.23. The minimum absolute atomic E-state index is 0.0904. The van der Waals surface area contributed by atoms with Gasteiger partial charge in [0.2, 0.25) is 5.91 Å². The molecule has 0 aromatic carbocycles. The molecule has 1 fully saturated rings. The summed E-state index contributed by atoms with van der Waals surface area (Å²) >= 11 is 6.08. The quantitative estimate of drug-likeness (QED) is 0.892. The van der Waals surface area contributed by atoms with E-state index in [-0.39, 0.29) is 17.7 Å². The minimum Gasteiger partial charge on any atom is -0.338 e. The highest BCUT2D eigenvalue weighted by Gasteiger charge is 2.29. The molecule has 3 heterocycles. The average Bonchev–Trinajstić information content (AvgIpc) is 3.02. The van der Waals surface area contributed by atoms with Crippen LogP contribution in [-0.4, -0.2) is 45.0 Å². The Labute approximate surface area is 144 Å². The zero-order valence-electron chi connectivity index (χ0n) is 13.3. The fraction of sp³-hybridized carbons (Fsp3) is 0.375. The summed E-state index contributed by atoms with van der Waals surface area (Å²) in [6.45, 7) is 2.68. The normalized spacial score (nSPS) is 17.6. The first-order valence-corrected chi connectivity index (χ1v) is 8.13. The molecular weight excluding hydrogens is 330 g/mol. The third-order valence-corrected chi connectivity index (χ3v) is 4.40. The molecule has 0 saturated carbocycles. The van der Waals surface area contributed by atoms with Gasteiger partial charge in [-0.3, -0.25) is 19.7 Å². The molecular formula is C16H18ClN5O2. The summed E-state index contributed by atoms with van der Waals surface area (Å²) in [4.78, 5) is 29.7. The number of pyridine rings is 1. The largest absolute Gasteiger partial charge is 0.338 e. The summed E-state index contributed by atoms with van der Waals surface area (Å²) in [7, 11) is 0. The summed E-state index contributed by atoms with van der Waals surface area (Å²) in [5, 5.41) is 10.1. The Balaban J connectivity index is 1.78. The lowest BCUT2D eigenvalue weighted by atomic mass is 9.93. The van der Waals surface area contributed by atoms with Crippen molar-refractivity contribution in [3.8, 4) is 0 Å². The van der Waals surface area contributed by atoms with Crippen LogP contribution in [-0.2, 0) is 4.79 Å². The van der Waals surface area contributed by atoms with Crippen LogP contribution in [0.4, 0.5) is 5.69 Å². The molecule has 1 atom stereocenters. The number of hydrogen-bond acceptors (Lipinski definition) is 4. The van der Waals surface area contributed by atoms with E-state index in [2.05, 4.69) is 20.5 Å². The van der Waals surface area contributed by atoms with E-state index >= 15 is 0 Å². The van der Waals surface area contributed by atoms with Crippen molar-refractivity contribution in [3.05, 3.63) is 40.9 Å². The Morgan fingerprint density at radius 1 is 1.42 bits per heavy atom. The number of carbonyl (C=O) groups is 2. The molecule has 1 aliphatic heterocycles. The molecule has 2 N–H and O–H groups in total. The van der Waals surface area contributed by atoms with Crippen molar-refractivity contribution < 1.29 is 9.59 Å². The van der Waals surface area contributed by atoms with Crippen molar-refractivity contribution in [1.82, 2.24) is 20.1 Å². The van der Waals surface area contributed by atoms with Gasteiger partial charge in [0.05, 0.1) is 28.2 Å². The summed E-state index contributed by atoms with van der Waals surface area (Å²) in [6, 6.07) is 1.63. The fourth-order valence-electron chi connectivity index (χ4n) is 3.01. The molecule has 126 valence electrons. The van der Waals surface area contributed by atoms with Gasteiger partial charge in [0.1, 0.15) is 0 Å². The number of aromatic amines is 1. The monoisotopic (exact) mass is 347 g/mol. The molecule has 3 rings (SSSR count). The lowest BCUT2D eigenvalue weighted by Crippen LogP contribution is -2.39. The zero-order chi connectivity index (χ0) is 17.1. The van der Waals surface area contributed by atoms with Crippen LogP contribution in [0.1, 0.15) is 41.7 Å². The van der Waals surface area contributed by atoms with E-state index in [0.717, 1.165) is 18.5 Å². The molecule has 8 heteroatoms. The molecule has 1 unspecified atom stereocenters. The number of nitrogens with one attached hydrogen (secondary N) is 2. The van der Waals surface area contributed by atoms with Crippen molar-refractivity contribution in [3.63, 3.8) is 0 Å². The molecule has 0 radical (unpaired) electrons. The first-order valence-electron chi connectivity index (χ1n) is 7.76. The van der Waals surface area contributed by atoms with Crippen molar-refractivity contribution in [2.45, 2.75) is 25.7 Å². The standard InChI is InChI=1S/C16H18ClN5O2/c1-10(23)20-14-8-19-21-15(14)11-3-2-6-22(9-11)16(24)12-4-5-18-7-13(12)17/h4-5,7-8,11H,2-3,6,9H2,1H3,(H,19,21)(H,20,23). The van der Waals surface area contributed by atoms with Gasteiger partial charge in [-0.2, -0.15) is 5.10 Å². The number of anilines is 1. The van der Waals surface area contributed by atoms with Crippen LogP contribution < -0.4 is 5.32 Å². The van der Waals surface area contributed by atoms with Gasteiger partial charge in [-0.25, -0.2) is 0 Å². The van der Waals surface area contributed by atoms with E-state index < -0.39 is 0 Å². The van der Waals surface area contributed by atoms with E-state index in [0.29, 0.717) is 29.4 Å². The Kier molecular flexibility index (Phi) is 4.80. The fourth-order valence-corrected chi connectivity index (χ4v) is 3.21. The van der Waals surface area contributed by atoms with Gasteiger partial charge in [0, 0.05) is 38.3 Å². The minimum atomic E-state index is -0.148. The number of aromatic nitrogens is 3. The third kappa shape index (κ3) is 3.41. The Morgan fingerprint density at radius 3 is 3.00 bits per heavy atom. The van der Waals surface area contributed by atoms with Crippen LogP contribution in [0.2, 0.25) is 5.02 Å². The summed E-state index contributed by atoms with van der Waals surface area (Å²) in [5.74, 6) is -0.162. The lowest BCUT2D eigenvalue weighted by molar-refractivity contribution is -0.114. The molecule has 2 aromatic rings. The second-order valence-electron chi connectivity index (χ2n) is 5.82. The highest BCUT2D eigenvalue weighted by atomic mass is 35.5. The Hall–Kier alpha value is -2.41. The maximum Gasteiger partial charge on any atom is 0.255 e. The van der Waals surface area contributed by atoms with Crippen molar-refractivity contribution in [1.29, 1.82) is 0 Å². The summed E-state index contributed by atoms with van der Waals surface area (Å²) < 4.78 is 0. The molecule has 0 spiro atoms. The molecule has 2 aromatic heterocycles. The van der Waals surface area contributed by atoms with Crippen LogP contribution in [0.15, 0.2) is 24.7 Å². The maximum atomic E-state index is 12.7. The number of hydrogen-bond donors (Lipinski definition) is 2. The number of piperidine rings is 1. The second kappa shape index (κ2) is 7.00. The first-order chi connectivity index (χ1) is 11.6. The Morgan fingerprint density at radius 2 is 2.25 bits per heavy atom. The van der Waals surface area contributed by atoms with Crippen LogP contribution in [0, 0.1) is 0 Å². The predicted octanol–water partition coefficient (Wildman–Crippen LogP) is 2.44. The molecule has 24 heavy (non-hydrogen) atoms. The number of halogens is 1. The third-order valence-electron chi connectivity index (χ3n) is 4.10. The highest BCUT2D eigenvalue weighted by Crippen LogP contribution is 2.31. The molecule has 0 bridgehead atoms. The molecule has 0 aliphatic carbocycles. The first kappa shape index (κ1) is 16.4. The van der Waals surface area contributed by atoms with Gasteiger partial charge in [0.25, 0.3) is 5.91 Å². The molecule has 1 aliphatic rings. The van der Waals surface area contributed by atoms with Gasteiger partial charge < -0.3 is 10.2 Å². The van der Waals surface area contributed by atoms with Crippen molar-refractivity contribution >= 4 is 29.1 Å². The highest BCUT2D eigenvalue weighted by molar-refractivity contribution is 6.33. The van der Waals surface area contributed by atoms with Crippen LogP contribution in [0.25, 0.3) is 0 Å². The molecule has 7 nitrogen and oxygen atoms in total. The number of amides is 2. The zero-order valence-corrected chi connectivity index (χ0v) is 14.0. The number of rotatable bonds is 3. The summed E-state index contributed by atoms with van der Waals surface area (Å²) in [5.41, 5.74) is 1.98. The van der Waals surface area contributed by atoms with Crippen molar-refractivity contribution in [2.24, 2.45) is 0 Å². The van der Waals surface area contributed by atoms with Gasteiger partial charge >= 0.3 is 0 Å². The van der Waals surface area contributed by atoms with E-state index in [1.165, 1.54) is 13.1 Å². The van der Waals surface area contributed by atoms with E-state index in [1.54, 1.807) is 23.4 Å². The van der Waals surface area contributed by atoms with Crippen LogP contribution >= 0.6 is 11.6 Å². The van der Waals surface area contributed by atoms with Crippen LogP contribution in [0.3, 0.4) is 0 Å². The summed E-state index contributed by atoms with van der Waals surface area (Å²) in [6.07, 6.45) is 6.42. The number of nitrogens with zero attached hydrogens (tertiary/aromatic N) is 3. The van der Waals surface area contributed by atoms with E-state index in [1.807, 2.05) is 0 Å². The maximum absolute atomic E-state index is 12.7. The van der Waals surface area contributed by atoms with Crippen molar-refractivity contribution in [2.75, 3.05) is 18.4 Å². The van der Waals surface area contributed by atoms with E-state index in [9.17, 15) is 9.59 Å². The van der Waals surface area contributed by atoms with Crippen LogP contribution in [0.5, 0.6) is 0 Å². The number of likely N-dealkylation sites (tertiary alicyclic amines) is 1. The van der Waals surface area contributed by atoms with Gasteiger partial charge in [-0.1, -0.05) is 11.6 Å². The lowest BCUT2D eigenvalue weighted by Gasteiger charge is -2.32. The topological polar surface area (TPSA) is 91.0 Å². The molecule has 2 amide bonds. The Bertz CT molecular complexity index is 760. The molecule has 1 saturated heterocycles. The van der Waals surface area contributed by atoms with Gasteiger partial charge in [-0.15, -0.1) is 0 Å². The van der Waals surface area contributed by atoms with E-state index in [4.69, 9.17) is 11.6 Å². The van der Waals surface area contributed by atoms with Gasteiger partial charge in [0.15, 0.2) is 0 Å².